The van der Waals surface area contributed by atoms with Crippen LogP contribution < -0.4 is 15.4 Å². The summed E-state index contributed by atoms with van der Waals surface area (Å²) in [6.45, 7) is 10.4. The highest BCUT2D eigenvalue weighted by Crippen LogP contribution is 2.55. The van der Waals surface area contributed by atoms with Crippen LogP contribution in [0.3, 0.4) is 0 Å². The fourth-order valence-electron chi connectivity index (χ4n) is 8.92. The Bertz CT molecular complexity index is 2330. The smallest absolute Gasteiger partial charge is 0.453 e. The summed E-state index contributed by atoms with van der Waals surface area (Å²) in [5.74, 6) is -0.0595. The van der Waals surface area contributed by atoms with Crippen molar-refractivity contribution in [2.75, 3.05) is 39.5 Å². The number of halogens is 3. The van der Waals surface area contributed by atoms with E-state index in [-0.39, 0.29) is 36.3 Å². The normalized spacial score (nSPS) is 19.0. The van der Waals surface area contributed by atoms with E-state index in [1.165, 1.54) is 5.56 Å². The van der Waals surface area contributed by atoms with Gasteiger partial charge in [-0.05, 0) is 84.6 Å². The first-order valence-corrected chi connectivity index (χ1v) is 23.0. The number of aromatic nitrogens is 4. The Balaban J connectivity index is 0.753. The summed E-state index contributed by atoms with van der Waals surface area (Å²) in [5, 5.41) is 17.3. The van der Waals surface area contributed by atoms with E-state index < -0.39 is 35.4 Å². The van der Waals surface area contributed by atoms with Gasteiger partial charge in [-0.2, -0.15) is 22.9 Å². The lowest BCUT2D eigenvalue weighted by Gasteiger charge is -2.35. The molecule has 4 aliphatic rings. The van der Waals surface area contributed by atoms with Gasteiger partial charge in [0, 0.05) is 45.4 Å². The van der Waals surface area contributed by atoms with Crippen LogP contribution in [0.4, 0.5) is 13.2 Å². The molecule has 1 saturated carbocycles. The fourth-order valence-corrected chi connectivity index (χ4v) is 9.73. The third kappa shape index (κ3) is 10.4. The first kappa shape index (κ1) is 45.2. The number of thiazole rings is 1. The number of piperidine rings is 1. The number of amidine groups is 1. The molecule has 5 heterocycles. The van der Waals surface area contributed by atoms with E-state index in [9.17, 15) is 27.6 Å². The Morgan fingerprint density at radius 2 is 1.70 bits per heavy atom. The highest BCUT2D eigenvalue weighted by atomic mass is 32.1. The lowest BCUT2D eigenvalue weighted by molar-refractivity contribution is -0.147. The molecule has 2 N–H and O–H groups in total. The standard InChI is InChI=1S/C46H56F3N9O5S/c1-29-39(64-28-51-29)33-8-6-30(7-9-33)25-50-41(60)35-24-45(18-19-45)27-57(35)42(61)40(44(2,3)4)52-38(59)26-62-22-5-23-63-34-12-10-31(11-13-34)32-16-20-56(21-17-32)37-15-14-36-53-54-43(46(47,48)49)58(36)55-37/h6-13,28,32,35,40H,5,14-27H2,1-4H3,(H,50,60)(H,52,59)/t35-,40+/m0/s1. The van der Waals surface area contributed by atoms with E-state index in [4.69, 9.17) is 9.47 Å². The van der Waals surface area contributed by atoms with E-state index in [1.54, 1.807) is 16.2 Å². The molecule has 2 saturated heterocycles. The number of rotatable bonds is 14. The van der Waals surface area contributed by atoms with Crippen molar-refractivity contribution in [3.8, 4) is 16.2 Å². The topological polar surface area (TPSA) is 156 Å². The highest BCUT2D eigenvalue weighted by Gasteiger charge is 2.56. The second-order valence-corrected chi connectivity index (χ2v) is 19.4. The molecule has 2 aromatic heterocycles. The molecule has 3 fully saturated rings. The van der Waals surface area contributed by atoms with Gasteiger partial charge in [0.1, 0.15) is 30.3 Å². The van der Waals surface area contributed by atoms with E-state index in [1.807, 2.05) is 81.7 Å². The Morgan fingerprint density at radius 1 is 0.969 bits per heavy atom. The van der Waals surface area contributed by atoms with Gasteiger partial charge in [0.25, 0.3) is 5.82 Å². The van der Waals surface area contributed by atoms with Crippen molar-refractivity contribution < 1.29 is 37.0 Å². The summed E-state index contributed by atoms with van der Waals surface area (Å²) in [7, 11) is 0. The molecule has 2 aromatic carbocycles. The van der Waals surface area contributed by atoms with Crippen molar-refractivity contribution >= 4 is 34.9 Å². The van der Waals surface area contributed by atoms with Crippen molar-refractivity contribution in [1.82, 2.24) is 40.3 Å². The second kappa shape index (κ2) is 18.6. The zero-order chi connectivity index (χ0) is 45.2. The molecule has 3 aliphatic heterocycles. The van der Waals surface area contributed by atoms with Gasteiger partial charge in [-0.15, -0.1) is 21.5 Å². The van der Waals surface area contributed by atoms with Crippen LogP contribution in [-0.2, 0) is 38.3 Å². The number of nitrogens with one attached hydrogen (secondary N) is 2. The first-order chi connectivity index (χ1) is 30.6. The van der Waals surface area contributed by atoms with Crippen LogP contribution in [0.25, 0.3) is 10.4 Å². The lowest BCUT2D eigenvalue weighted by Crippen LogP contribution is -2.58. The maximum absolute atomic E-state index is 14.2. The number of fused-ring (bicyclic) bond motifs is 1. The Hall–Kier alpha value is -5.36. The van der Waals surface area contributed by atoms with Crippen LogP contribution in [-0.4, -0.2) is 105 Å². The molecular weight excluding hydrogens is 848 g/mol. The van der Waals surface area contributed by atoms with Crippen LogP contribution in [0.15, 0.2) is 59.1 Å². The molecule has 18 heteroatoms. The molecule has 0 unspecified atom stereocenters. The average Bonchev–Trinajstić information content (AvgIpc) is 3.54. The van der Waals surface area contributed by atoms with Crippen LogP contribution in [0.5, 0.6) is 5.75 Å². The molecule has 4 aromatic rings. The van der Waals surface area contributed by atoms with E-state index in [2.05, 4.69) is 35.8 Å². The van der Waals surface area contributed by atoms with E-state index >= 15 is 0 Å². The van der Waals surface area contributed by atoms with Crippen molar-refractivity contribution in [3.63, 3.8) is 0 Å². The second-order valence-electron chi connectivity index (χ2n) is 18.6. The Labute approximate surface area is 375 Å². The average molecular weight is 904 g/mol. The number of amides is 3. The predicted molar refractivity (Wildman–Crippen MR) is 234 cm³/mol. The number of likely N-dealkylation sites (tertiary alicyclic amines) is 2. The van der Waals surface area contributed by atoms with Gasteiger partial charge in [0.2, 0.25) is 17.7 Å². The zero-order valence-electron chi connectivity index (χ0n) is 36.7. The van der Waals surface area contributed by atoms with Crippen LogP contribution in [0.2, 0.25) is 0 Å². The third-order valence-corrected chi connectivity index (χ3v) is 13.8. The monoisotopic (exact) mass is 903 g/mol. The lowest BCUT2D eigenvalue weighted by atomic mass is 9.85. The van der Waals surface area contributed by atoms with Gasteiger partial charge in [-0.25, -0.2) is 4.98 Å². The molecule has 3 amide bonds. The minimum atomic E-state index is -4.62. The highest BCUT2D eigenvalue weighted by molar-refractivity contribution is 7.13. The number of aryl methyl sites for hydroxylation is 2. The molecule has 0 radical (unpaired) electrons. The molecule has 0 bridgehead atoms. The van der Waals surface area contributed by atoms with Crippen molar-refractivity contribution in [3.05, 3.63) is 82.5 Å². The quantitative estimate of drug-likeness (QED) is 0.131. The summed E-state index contributed by atoms with van der Waals surface area (Å²) >= 11 is 1.60. The molecule has 1 spiro atoms. The number of benzene rings is 2. The van der Waals surface area contributed by atoms with Crippen LogP contribution in [0, 0.1) is 17.8 Å². The number of alkyl halides is 3. The van der Waals surface area contributed by atoms with Crippen molar-refractivity contribution in [2.24, 2.45) is 15.9 Å². The molecule has 64 heavy (non-hydrogen) atoms. The molecule has 1 aliphatic carbocycles. The number of carbonyl (C=O) groups is 3. The first-order valence-electron chi connectivity index (χ1n) is 22.1. The number of ether oxygens (including phenoxy) is 2. The minimum Gasteiger partial charge on any atom is -0.494 e. The molecule has 2 atom stereocenters. The fraction of sp³-hybridized carbons (Fsp3) is 0.543. The van der Waals surface area contributed by atoms with Gasteiger partial charge >= 0.3 is 6.18 Å². The number of carbonyl (C=O) groups excluding carboxylic acids is 3. The summed E-state index contributed by atoms with van der Waals surface area (Å²) in [6.07, 6.45) is 1.07. The maximum Gasteiger partial charge on any atom is 0.453 e. The van der Waals surface area contributed by atoms with Crippen LogP contribution >= 0.6 is 11.3 Å². The summed E-state index contributed by atoms with van der Waals surface area (Å²) in [4.78, 5) is 50.3. The Morgan fingerprint density at radius 3 is 2.36 bits per heavy atom. The molecular formula is C46H56F3N9O5S. The number of hydrogen-bond acceptors (Lipinski definition) is 11. The van der Waals surface area contributed by atoms with Gasteiger partial charge in [-0.3, -0.25) is 14.4 Å². The van der Waals surface area contributed by atoms with Gasteiger partial charge < -0.3 is 29.9 Å². The number of nitrogens with zero attached hydrogens (tertiary/aromatic N) is 7. The number of hydrogen-bond donors (Lipinski definition) is 2. The maximum atomic E-state index is 14.2. The van der Waals surface area contributed by atoms with Gasteiger partial charge in [-0.1, -0.05) is 57.2 Å². The van der Waals surface area contributed by atoms with Gasteiger partial charge in [0.15, 0.2) is 5.82 Å². The molecule has 14 nitrogen and oxygen atoms in total. The van der Waals surface area contributed by atoms with Crippen molar-refractivity contribution in [1.29, 1.82) is 0 Å². The summed E-state index contributed by atoms with van der Waals surface area (Å²) in [6, 6.07) is 14.6. The zero-order valence-corrected chi connectivity index (χ0v) is 37.6. The Kier molecular flexibility index (Phi) is 13.2. The minimum absolute atomic E-state index is 0.0408. The van der Waals surface area contributed by atoms with Gasteiger partial charge in [0.05, 0.1) is 29.3 Å². The summed E-state index contributed by atoms with van der Waals surface area (Å²) in [5.41, 5.74) is 5.38. The third-order valence-electron chi connectivity index (χ3n) is 12.8. The molecule has 342 valence electrons. The van der Waals surface area contributed by atoms with E-state index in [0.717, 1.165) is 52.1 Å². The largest absolute Gasteiger partial charge is 0.494 e. The van der Waals surface area contributed by atoms with Crippen LogP contribution in [0.1, 0.15) is 100 Å². The van der Waals surface area contributed by atoms with Crippen molar-refractivity contribution in [2.45, 2.75) is 110 Å². The van der Waals surface area contributed by atoms with E-state index in [0.29, 0.717) is 76.0 Å². The predicted octanol–water partition coefficient (Wildman–Crippen LogP) is 6.73. The SMILES string of the molecule is Cc1ncsc1-c1ccc(CNC(=O)[C@@H]2CC3(CC3)CN2C(=O)[C@@H](NC(=O)COCCCOc2ccc(C3CCN(C4=Nn5c(nnc5C(F)(F)F)CC4)CC3)cc2)C(C)(C)C)cc1. The summed E-state index contributed by atoms with van der Waals surface area (Å²) < 4.78 is 52.6. The molecule has 8 rings (SSSR count).